The summed E-state index contributed by atoms with van der Waals surface area (Å²) < 4.78 is 6.08. The Labute approximate surface area is 118 Å². The quantitative estimate of drug-likeness (QED) is 0.686. The molecule has 0 unspecified atom stereocenters. The van der Waals surface area contributed by atoms with Crippen molar-refractivity contribution in [1.82, 2.24) is 5.32 Å². The maximum absolute atomic E-state index is 11.5. The van der Waals surface area contributed by atoms with E-state index < -0.39 is 17.9 Å². The molecule has 0 aliphatic heterocycles. The molecule has 3 N–H and O–H groups in total. The van der Waals surface area contributed by atoms with Crippen molar-refractivity contribution in [1.29, 1.82) is 0 Å². The van der Waals surface area contributed by atoms with Gasteiger partial charge in [-0.05, 0) is 24.3 Å². The van der Waals surface area contributed by atoms with Crippen molar-refractivity contribution in [3.8, 4) is 5.75 Å². The monoisotopic (exact) mass is 331 g/mol. The van der Waals surface area contributed by atoms with Crippen molar-refractivity contribution in [2.75, 3.05) is 13.2 Å². The molecule has 0 aliphatic rings. The first-order chi connectivity index (χ1) is 9.02. The molecule has 0 saturated carbocycles. The van der Waals surface area contributed by atoms with E-state index in [4.69, 9.17) is 14.9 Å². The van der Waals surface area contributed by atoms with Crippen LogP contribution in [0.15, 0.2) is 28.7 Å². The number of carbonyl (C=O) groups excluding carboxylic acids is 1. The second kappa shape index (κ2) is 7.75. The molecule has 0 aromatic heterocycles. The number of carbonyl (C=O) groups is 2. The Morgan fingerprint density at radius 2 is 1.95 bits per heavy atom. The molecule has 1 aromatic rings. The first kappa shape index (κ1) is 15.5. The van der Waals surface area contributed by atoms with Crippen molar-refractivity contribution in [3.05, 3.63) is 28.7 Å². The molecule has 19 heavy (non-hydrogen) atoms. The van der Waals surface area contributed by atoms with Crippen molar-refractivity contribution in [3.63, 3.8) is 0 Å². The van der Waals surface area contributed by atoms with Gasteiger partial charge in [-0.1, -0.05) is 15.9 Å². The first-order valence-corrected chi connectivity index (χ1v) is 6.33. The van der Waals surface area contributed by atoms with Crippen molar-refractivity contribution in [2.45, 2.75) is 12.5 Å². The normalized spacial score (nSPS) is 11.7. The van der Waals surface area contributed by atoms with Crippen LogP contribution in [0.4, 0.5) is 0 Å². The zero-order chi connectivity index (χ0) is 14.3. The largest absolute Gasteiger partial charge is 0.484 e. The summed E-state index contributed by atoms with van der Waals surface area (Å²) in [6.07, 6.45) is -0.0423. The first-order valence-electron chi connectivity index (χ1n) is 5.54. The topological polar surface area (TPSA) is 95.9 Å². The average molecular weight is 332 g/mol. The zero-order valence-electron chi connectivity index (χ0n) is 10.0. The summed E-state index contributed by atoms with van der Waals surface area (Å²) in [6.45, 7) is -0.596. The number of hydrogen-bond acceptors (Lipinski definition) is 4. The molecule has 0 radical (unpaired) electrons. The SMILES string of the molecule is O=C(COc1ccc(Br)cc1)N[C@@H](CCO)C(=O)O. The third-order valence-corrected chi connectivity index (χ3v) is 2.76. The minimum absolute atomic E-state index is 0.0423. The van der Waals surface area contributed by atoms with Crippen LogP contribution in [-0.4, -0.2) is 41.3 Å². The van der Waals surface area contributed by atoms with Gasteiger partial charge in [-0.3, -0.25) is 4.79 Å². The number of aliphatic carboxylic acids is 1. The molecular weight excluding hydrogens is 318 g/mol. The lowest BCUT2D eigenvalue weighted by atomic mass is 10.2. The number of rotatable bonds is 7. The summed E-state index contributed by atoms with van der Waals surface area (Å²) in [5.74, 6) is -1.23. The van der Waals surface area contributed by atoms with Crippen molar-refractivity contribution in [2.24, 2.45) is 0 Å². The Balaban J connectivity index is 2.42. The fourth-order valence-corrected chi connectivity index (χ4v) is 1.57. The van der Waals surface area contributed by atoms with Gasteiger partial charge >= 0.3 is 5.97 Å². The number of carboxylic acids is 1. The van der Waals surface area contributed by atoms with Gasteiger partial charge in [0.05, 0.1) is 0 Å². The molecule has 0 spiro atoms. The van der Waals surface area contributed by atoms with Crippen LogP contribution in [0.25, 0.3) is 0 Å². The number of aliphatic hydroxyl groups excluding tert-OH is 1. The summed E-state index contributed by atoms with van der Waals surface area (Å²) >= 11 is 3.27. The molecule has 1 amide bonds. The van der Waals surface area contributed by atoms with E-state index in [2.05, 4.69) is 21.2 Å². The second-order valence-electron chi connectivity index (χ2n) is 3.71. The van der Waals surface area contributed by atoms with E-state index >= 15 is 0 Å². The van der Waals surface area contributed by atoms with Crippen LogP contribution in [-0.2, 0) is 9.59 Å². The fourth-order valence-electron chi connectivity index (χ4n) is 1.30. The molecule has 0 fully saturated rings. The van der Waals surface area contributed by atoms with Crippen LogP contribution >= 0.6 is 15.9 Å². The van der Waals surface area contributed by atoms with Crippen LogP contribution < -0.4 is 10.1 Å². The molecule has 0 saturated heterocycles. The maximum Gasteiger partial charge on any atom is 0.326 e. The van der Waals surface area contributed by atoms with Gasteiger partial charge in [-0.2, -0.15) is 0 Å². The number of amides is 1. The number of nitrogens with one attached hydrogen (secondary N) is 1. The maximum atomic E-state index is 11.5. The highest BCUT2D eigenvalue weighted by Crippen LogP contribution is 2.15. The van der Waals surface area contributed by atoms with Gasteiger partial charge in [-0.25, -0.2) is 4.79 Å². The summed E-state index contributed by atoms with van der Waals surface area (Å²) in [5.41, 5.74) is 0. The molecular formula is C12H14BrNO5. The third-order valence-electron chi connectivity index (χ3n) is 2.23. The Bertz CT molecular complexity index is 434. The average Bonchev–Trinajstić information content (AvgIpc) is 2.37. The summed E-state index contributed by atoms with van der Waals surface area (Å²) in [4.78, 5) is 22.2. The molecule has 0 heterocycles. The number of halogens is 1. The van der Waals surface area contributed by atoms with Gasteiger partial charge in [0.25, 0.3) is 5.91 Å². The molecule has 0 aliphatic carbocycles. The number of carboxylic acid groups (broad SMARTS) is 1. The van der Waals surface area contributed by atoms with Gasteiger partial charge in [0.1, 0.15) is 11.8 Å². The van der Waals surface area contributed by atoms with Crippen molar-refractivity contribution < 1.29 is 24.5 Å². The summed E-state index contributed by atoms with van der Waals surface area (Å²) in [7, 11) is 0. The molecule has 1 rings (SSSR count). The van der Waals surface area contributed by atoms with Crippen LogP contribution in [0, 0.1) is 0 Å². The van der Waals surface area contributed by atoms with E-state index in [-0.39, 0.29) is 19.6 Å². The lowest BCUT2D eigenvalue weighted by molar-refractivity contribution is -0.142. The molecule has 1 aromatic carbocycles. The Kier molecular flexibility index (Phi) is 6.31. The molecule has 0 bridgehead atoms. The third kappa shape index (κ3) is 5.71. The lowest BCUT2D eigenvalue weighted by Gasteiger charge is -2.13. The van der Waals surface area contributed by atoms with Gasteiger partial charge in [0, 0.05) is 17.5 Å². The highest BCUT2D eigenvalue weighted by atomic mass is 79.9. The summed E-state index contributed by atoms with van der Waals surface area (Å²) in [5, 5.41) is 19.7. The zero-order valence-corrected chi connectivity index (χ0v) is 11.6. The smallest absolute Gasteiger partial charge is 0.326 e. The minimum Gasteiger partial charge on any atom is -0.484 e. The van der Waals surface area contributed by atoms with E-state index in [1.165, 1.54) is 0 Å². The number of hydrogen-bond donors (Lipinski definition) is 3. The van der Waals surface area contributed by atoms with Gasteiger partial charge in [0.2, 0.25) is 0 Å². The Hall–Kier alpha value is -1.60. The van der Waals surface area contributed by atoms with E-state index in [1.807, 2.05) is 0 Å². The Morgan fingerprint density at radius 3 is 2.47 bits per heavy atom. The predicted octanol–water partition coefficient (Wildman–Crippen LogP) is 0.780. The van der Waals surface area contributed by atoms with Crippen LogP contribution in [0.5, 0.6) is 5.75 Å². The standard InChI is InChI=1S/C12H14BrNO5/c13-8-1-3-9(4-2-8)19-7-11(16)14-10(5-6-15)12(17)18/h1-4,10,15H,5-7H2,(H,14,16)(H,17,18)/t10-/m0/s1. The number of benzene rings is 1. The van der Waals surface area contributed by atoms with Gasteiger partial charge < -0.3 is 20.3 Å². The van der Waals surface area contributed by atoms with Gasteiger partial charge in [-0.15, -0.1) is 0 Å². The Morgan fingerprint density at radius 1 is 1.32 bits per heavy atom. The highest BCUT2D eigenvalue weighted by molar-refractivity contribution is 9.10. The lowest BCUT2D eigenvalue weighted by Crippen LogP contribution is -2.43. The van der Waals surface area contributed by atoms with E-state index in [9.17, 15) is 9.59 Å². The van der Waals surface area contributed by atoms with E-state index in [0.29, 0.717) is 5.75 Å². The second-order valence-corrected chi connectivity index (χ2v) is 4.63. The molecule has 7 heteroatoms. The minimum atomic E-state index is -1.19. The molecule has 1 atom stereocenters. The van der Waals surface area contributed by atoms with Gasteiger partial charge in [0.15, 0.2) is 6.61 Å². The van der Waals surface area contributed by atoms with Crippen LogP contribution in [0.1, 0.15) is 6.42 Å². The molecule has 104 valence electrons. The van der Waals surface area contributed by atoms with E-state index in [0.717, 1.165) is 4.47 Å². The van der Waals surface area contributed by atoms with E-state index in [1.54, 1.807) is 24.3 Å². The fraction of sp³-hybridized carbons (Fsp3) is 0.333. The highest BCUT2D eigenvalue weighted by Gasteiger charge is 2.19. The predicted molar refractivity (Wildman–Crippen MR) is 70.9 cm³/mol. The van der Waals surface area contributed by atoms with Crippen LogP contribution in [0.3, 0.4) is 0 Å². The molecule has 6 nitrogen and oxygen atoms in total. The number of ether oxygens (including phenoxy) is 1. The summed E-state index contributed by atoms with van der Waals surface area (Å²) in [6, 6.07) is 5.78. The van der Waals surface area contributed by atoms with Crippen LogP contribution in [0.2, 0.25) is 0 Å². The van der Waals surface area contributed by atoms with Crippen molar-refractivity contribution >= 4 is 27.8 Å². The number of aliphatic hydroxyl groups is 1.